The third-order valence-electron chi connectivity index (χ3n) is 10.2. The van der Waals surface area contributed by atoms with Gasteiger partial charge < -0.3 is 53.2 Å². The first-order valence-corrected chi connectivity index (χ1v) is 19.7. The van der Waals surface area contributed by atoms with Gasteiger partial charge in [0.05, 0.1) is 46.2 Å². The van der Waals surface area contributed by atoms with Gasteiger partial charge >= 0.3 is 0 Å². The first-order chi connectivity index (χ1) is 28.6. The average molecular weight is 793 g/mol. The molecule has 2 aliphatic heterocycles. The molecular weight excluding hydrogens is 741 g/mol. The molecule has 306 valence electrons. The maximum Gasteiger partial charge on any atom is 0.187 e. The first kappa shape index (κ1) is 41.8. The Morgan fingerprint density at radius 2 is 0.810 bits per heavy atom. The van der Waals surface area contributed by atoms with Crippen LogP contribution in [0.5, 0.6) is 0 Å². The van der Waals surface area contributed by atoms with Crippen molar-refractivity contribution in [3.8, 4) is 0 Å². The third-order valence-corrected chi connectivity index (χ3v) is 10.2. The lowest BCUT2D eigenvalue weighted by atomic mass is 9.96. The van der Waals surface area contributed by atoms with E-state index in [-0.39, 0.29) is 33.0 Å². The second-order valence-corrected chi connectivity index (χ2v) is 14.4. The van der Waals surface area contributed by atoms with Crippen LogP contribution in [0.25, 0.3) is 0 Å². The number of rotatable bonds is 19. The van der Waals surface area contributed by atoms with Crippen molar-refractivity contribution in [1.82, 2.24) is 0 Å². The molecule has 0 unspecified atom stereocenters. The van der Waals surface area contributed by atoms with Crippen LogP contribution >= 0.6 is 0 Å². The molecule has 0 spiro atoms. The smallest absolute Gasteiger partial charge is 0.187 e. The molecule has 10 atom stereocenters. The van der Waals surface area contributed by atoms with Gasteiger partial charge in [-0.1, -0.05) is 152 Å². The Morgan fingerprint density at radius 1 is 0.414 bits per heavy atom. The largest absolute Gasteiger partial charge is 0.394 e. The van der Waals surface area contributed by atoms with Gasteiger partial charge in [-0.2, -0.15) is 0 Å². The van der Waals surface area contributed by atoms with Crippen molar-refractivity contribution < 1.29 is 53.2 Å². The number of benzene rings is 5. The standard InChI is InChI=1S/C47H52O11/c48-26-38-42(53-29-35-20-10-3-11-21-35)44(45(46(50)56-38)55-31-37-24-14-5-15-25-37)58-47-43(54-30-36-22-12-4-13-23-36)40(49)41(52-28-34-18-8-2-9-19-34)39(57-47)32-51-27-33-16-6-1-7-17-33/h1-25,38-50H,26-32H2/t38-,39-,40+,41+,42+,43-,44+,45-,46-,47-/m1/s1. The lowest BCUT2D eigenvalue weighted by molar-refractivity contribution is -0.372. The molecule has 0 aliphatic carbocycles. The summed E-state index contributed by atoms with van der Waals surface area (Å²) in [6, 6.07) is 48.2. The van der Waals surface area contributed by atoms with Crippen molar-refractivity contribution in [2.75, 3.05) is 13.2 Å². The molecule has 5 aromatic rings. The highest BCUT2D eigenvalue weighted by molar-refractivity contribution is 5.17. The molecule has 0 saturated carbocycles. The van der Waals surface area contributed by atoms with Gasteiger partial charge in [0.2, 0.25) is 0 Å². The van der Waals surface area contributed by atoms with Gasteiger partial charge in [-0.15, -0.1) is 0 Å². The molecule has 5 aromatic carbocycles. The Morgan fingerprint density at radius 3 is 1.26 bits per heavy atom. The second-order valence-electron chi connectivity index (χ2n) is 14.4. The molecule has 11 heteroatoms. The van der Waals surface area contributed by atoms with E-state index in [9.17, 15) is 15.3 Å². The van der Waals surface area contributed by atoms with Crippen LogP contribution < -0.4 is 0 Å². The quantitative estimate of drug-likeness (QED) is 0.0948. The highest BCUT2D eigenvalue weighted by Gasteiger charge is 2.53. The predicted molar refractivity (Wildman–Crippen MR) is 214 cm³/mol. The van der Waals surface area contributed by atoms with Crippen molar-refractivity contribution in [2.45, 2.75) is 94.4 Å². The first-order valence-electron chi connectivity index (χ1n) is 19.7. The summed E-state index contributed by atoms with van der Waals surface area (Å²) in [7, 11) is 0. The average Bonchev–Trinajstić information content (AvgIpc) is 3.27. The molecule has 0 radical (unpaired) electrons. The topological polar surface area (TPSA) is 135 Å². The van der Waals surface area contributed by atoms with Crippen molar-refractivity contribution in [1.29, 1.82) is 0 Å². The van der Waals surface area contributed by atoms with Crippen LogP contribution in [-0.4, -0.2) is 89.9 Å². The molecule has 2 heterocycles. The minimum absolute atomic E-state index is 0.0498. The van der Waals surface area contributed by atoms with E-state index in [1.807, 2.05) is 152 Å². The van der Waals surface area contributed by atoms with E-state index in [1.165, 1.54) is 0 Å². The fourth-order valence-corrected chi connectivity index (χ4v) is 7.19. The zero-order valence-corrected chi connectivity index (χ0v) is 32.3. The summed E-state index contributed by atoms with van der Waals surface area (Å²) >= 11 is 0. The van der Waals surface area contributed by atoms with E-state index in [1.54, 1.807) is 0 Å². The number of hydrogen-bond donors (Lipinski definition) is 3. The van der Waals surface area contributed by atoms with Crippen molar-refractivity contribution in [3.63, 3.8) is 0 Å². The van der Waals surface area contributed by atoms with Gasteiger partial charge in [-0.3, -0.25) is 0 Å². The van der Waals surface area contributed by atoms with Gasteiger partial charge in [-0.05, 0) is 27.8 Å². The van der Waals surface area contributed by atoms with E-state index < -0.39 is 68.0 Å². The fraction of sp³-hybridized carbons (Fsp3) is 0.362. The van der Waals surface area contributed by atoms with Crippen LogP contribution in [0, 0.1) is 0 Å². The van der Waals surface area contributed by atoms with Gasteiger partial charge in [-0.25, -0.2) is 0 Å². The van der Waals surface area contributed by atoms with Gasteiger partial charge in [0.25, 0.3) is 0 Å². The molecule has 2 aliphatic rings. The Hall–Kier alpha value is -4.34. The number of ether oxygens (including phenoxy) is 8. The van der Waals surface area contributed by atoms with E-state index >= 15 is 0 Å². The minimum Gasteiger partial charge on any atom is -0.394 e. The summed E-state index contributed by atoms with van der Waals surface area (Å²) in [6.45, 7) is 0.478. The molecule has 0 aromatic heterocycles. The van der Waals surface area contributed by atoms with Gasteiger partial charge in [0.15, 0.2) is 12.6 Å². The normalized spacial score (nSPS) is 27.3. The van der Waals surface area contributed by atoms with Gasteiger partial charge in [0, 0.05) is 0 Å². The summed E-state index contributed by atoms with van der Waals surface area (Å²) in [5.41, 5.74) is 4.51. The van der Waals surface area contributed by atoms with E-state index in [4.69, 9.17) is 37.9 Å². The van der Waals surface area contributed by atoms with Crippen LogP contribution in [0.15, 0.2) is 152 Å². The molecule has 11 nitrogen and oxygen atoms in total. The number of aliphatic hydroxyl groups is 3. The van der Waals surface area contributed by atoms with Crippen LogP contribution in [0.4, 0.5) is 0 Å². The van der Waals surface area contributed by atoms with Crippen molar-refractivity contribution in [3.05, 3.63) is 179 Å². The van der Waals surface area contributed by atoms with Crippen LogP contribution in [-0.2, 0) is 70.9 Å². The molecule has 0 bridgehead atoms. The van der Waals surface area contributed by atoms with Crippen molar-refractivity contribution >= 4 is 0 Å². The molecule has 7 rings (SSSR count). The minimum atomic E-state index is -1.51. The summed E-state index contributed by atoms with van der Waals surface area (Å²) < 4.78 is 51.6. The zero-order valence-electron chi connectivity index (χ0n) is 32.3. The summed E-state index contributed by atoms with van der Waals surface area (Å²) in [4.78, 5) is 0. The van der Waals surface area contributed by atoms with E-state index in [0.717, 1.165) is 27.8 Å². The fourth-order valence-electron chi connectivity index (χ4n) is 7.19. The molecular formula is C47H52O11. The predicted octanol–water partition coefficient (Wildman–Crippen LogP) is 5.73. The highest BCUT2D eigenvalue weighted by Crippen LogP contribution is 2.35. The van der Waals surface area contributed by atoms with Gasteiger partial charge in [0.1, 0.15) is 48.8 Å². The van der Waals surface area contributed by atoms with E-state index in [0.29, 0.717) is 6.61 Å². The van der Waals surface area contributed by atoms with Crippen LogP contribution in [0.1, 0.15) is 27.8 Å². The summed E-state index contributed by atoms with van der Waals surface area (Å²) in [5, 5.41) is 34.4. The Bertz CT molecular complexity index is 1870. The highest BCUT2D eigenvalue weighted by atomic mass is 16.7. The molecule has 0 amide bonds. The van der Waals surface area contributed by atoms with Crippen molar-refractivity contribution in [2.24, 2.45) is 0 Å². The Labute approximate surface area is 339 Å². The second kappa shape index (κ2) is 21.6. The maximum absolute atomic E-state index is 12.3. The lowest BCUT2D eigenvalue weighted by Crippen LogP contribution is -2.66. The number of aliphatic hydroxyl groups excluding tert-OH is 3. The lowest BCUT2D eigenvalue weighted by Gasteiger charge is -2.49. The zero-order chi connectivity index (χ0) is 39.9. The molecule has 58 heavy (non-hydrogen) atoms. The Balaban J connectivity index is 1.20. The molecule has 2 saturated heterocycles. The third kappa shape index (κ3) is 11.4. The monoisotopic (exact) mass is 792 g/mol. The van der Waals surface area contributed by atoms with Crippen LogP contribution in [0.2, 0.25) is 0 Å². The summed E-state index contributed by atoms with van der Waals surface area (Å²) in [5.74, 6) is 0. The van der Waals surface area contributed by atoms with Crippen LogP contribution in [0.3, 0.4) is 0 Å². The molecule has 3 N–H and O–H groups in total. The molecule has 2 fully saturated rings. The SMILES string of the molecule is OC[C@H]1O[C@@H](O)[C@H](OCc2ccccc2)[C@@H](O[C@H]2O[C@H](COCc3ccccc3)[C@H](OCc3ccccc3)[C@H](O)[C@H]2OCc2ccccc2)[C@H]1OCc1ccccc1. The summed E-state index contributed by atoms with van der Waals surface area (Å²) in [6.07, 6.45) is -11.0. The Kier molecular flexibility index (Phi) is 15.6. The number of hydrogen-bond acceptors (Lipinski definition) is 11. The van der Waals surface area contributed by atoms with E-state index in [2.05, 4.69) is 0 Å². The maximum atomic E-state index is 12.3.